The lowest BCUT2D eigenvalue weighted by Gasteiger charge is -2.18. The molecule has 0 bridgehead atoms. The molecule has 0 saturated carbocycles. The highest BCUT2D eigenvalue weighted by Gasteiger charge is 2.23. The quantitative estimate of drug-likeness (QED) is 0.0527. The fourth-order valence-electron chi connectivity index (χ4n) is 4.57. The summed E-state index contributed by atoms with van der Waals surface area (Å²) in [7, 11) is 0. The van der Waals surface area contributed by atoms with Crippen molar-refractivity contribution in [3.05, 3.63) is 159 Å². The number of halogens is 2. The SMILES string of the molecule is O=C(Nc1ccc(SC(C(=O)Nc2ccc(O)c(C(=O)O)c2)c2ccccc2)cc1)/C(=C/c1cccc(Cl)c1Cl)NC(=O)c1ccccc1. The van der Waals surface area contributed by atoms with Crippen LogP contribution in [0.3, 0.4) is 0 Å². The van der Waals surface area contributed by atoms with Crippen LogP contribution in [-0.2, 0) is 9.59 Å². The van der Waals surface area contributed by atoms with Gasteiger partial charge in [0, 0.05) is 21.8 Å². The van der Waals surface area contributed by atoms with Gasteiger partial charge in [0.05, 0.1) is 10.0 Å². The van der Waals surface area contributed by atoms with E-state index in [0.717, 1.165) is 0 Å². The molecule has 0 aliphatic rings. The van der Waals surface area contributed by atoms with Crippen molar-refractivity contribution in [2.45, 2.75) is 10.1 Å². The smallest absolute Gasteiger partial charge is 0.339 e. The van der Waals surface area contributed by atoms with Gasteiger partial charge < -0.3 is 26.2 Å². The van der Waals surface area contributed by atoms with Crippen LogP contribution in [0, 0.1) is 0 Å². The summed E-state index contributed by atoms with van der Waals surface area (Å²) in [4.78, 5) is 52.1. The van der Waals surface area contributed by atoms with Crippen molar-refractivity contribution in [1.82, 2.24) is 5.32 Å². The van der Waals surface area contributed by atoms with Crippen LogP contribution in [-0.4, -0.2) is 33.9 Å². The Bertz CT molecular complexity index is 2040. The number of hydrogen-bond donors (Lipinski definition) is 5. The molecule has 1 atom stereocenters. The van der Waals surface area contributed by atoms with Crippen molar-refractivity contribution in [1.29, 1.82) is 0 Å². The average molecular weight is 713 g/mol. The molecule has 1 unspecified atom stereocenters. The highest BCUT2D eigenvalue weighted by Crippen LogP contribution is 2.37. The summed E-state index contributed by atoms with van der Waals surface area (Å²) in [6.45, 7) is 0. The van der Waals surface area contributed by atoms with Crippen LogP contribution in [0.1, 0.15) is 37.1 Å². The second-order valence-electron chi connectivity index (χ2n) is 10.4. The molecule has 3 amide bonds. The number of benzene rings is 5. The molecular formula is C37H27Cl2N3O6S. The maximum atomic E-state index is 13.5. The molecule has 0 aliphatic heterocycles. The first-order chi connectivity index (χ1) is 23.6. The number of nitrogens with one attached hydrogen (secondary N) is 3. The van der Waals surface area contributed by atoms with Gasteiger partial charge in [-0.1, -0.05) is 83.9 Å². The number of hydrogen-bond acceptors (Lipinski definition) is 6. The lowest BCUT2D eigenvalue weighted by molar-refractivity contribution is -0.116. The number of phenols is 1. The van der Waals surface area contributed by atoms with E-state index < -0.39 is 34.7 Å². The third-order valence-electron chi connectivity index (χ3n) is 7.01. The Kier molecular flexibility index (Phi) is 11.4. The highest BCUT2D eigenvalue weighted by molar-refractivity contribution is 8.00. The number of carbonyl (C=O) groups excluding carboxylic acids is 3. The Hall–Kier alpha value is -5.55. The molecule has 0 fully saturated rings. The standard InChI is InChI=1S/C37H27Cl2N3O6S/c38-29-13-7-12-24(32(29)39)20-30(42-34(44)23-10-5-2-6-11-23)35(45)40-25-14-17-27(18-15-25)49-33(22-8-3-1-4-9-22)36(46)41-26-16-19-31(43)28(21-26)37(47)48/h1-21,33,43H,(H,40,45)(H,41,46)(H,42,44)(H,47,48)/b30-20-. The predicted octanol–water partition coefficient (Wildman–Crippen LogP) is 8.28. The molecule has 49 heavy (non-hydrogen) atoms. The van der Waals surface area contributed by atoms with E-state index in [1.807, 2.05) is 6.07 Å². The van der Waals surface area contributed by atoms with Crippen molar-refractivity contribution in [2.75, 3.05) is 10.6 Å². The number of aromatic carboxylic acids is 1. The second-order valence-corrected chi connectivity index (χ2v) is 12.4. The number of rotatable bonds is 11. The minimum absolute atomic E-state index is 0.0717. The summed E-state index contributed by atoms with van der Waals surface area (Å²) in [5.41, 5.74) is 1.69. The molecule has 5 N–H and O–H groups in total. The Morgan fingerprint density at radius 1 is 0.735 bits per heavy atom. The van der Waals surface area contributed by atoms with Crippen molar-refractivity contribution in [2.24, 2.45) is 0 Å². The van der Waals surface area contributed by atoms with Crippen LogP contribution < -0.4 is 16.0 Å². The van der Waals surface area contributed by atoms with E-state index in [0.29, 0.717) is 27.3 Å². The van der Waals surface area contributed by atoms with E-state index in [4.69, 9.17) is 23.2 Å². The van der Waals surface area contributed by atoms with Crippen LogP contribution in [0.15, 0.2) is 132 Å². The van der Waals surface area contributed by atoms with E-state index in [2.05, 4.69) is 16.0 Å². The number of carboxylic acid groups (broad SMARTS) is 1. The van der Waals surface area contributed by atoms with Gasteiger partial charge in [-0.3, -0.25) is 14.4 Å². The first kappa shape index (κ1) is 34.8. The van der Waals surface area contributed by atoms with Crippen LogP contribution in [0.25, 0.3) is 6.08 Å². The van der Waals surface area contributed by atoms with Gasteiger partial charge in [0.1, 0.15) is 22.3 Å². The summed E-state index contributed by atoms with van der Waals surface area (Å²) in [6, 6.07) is 33.0. The number of amides is 3. The summed E-state index contributed by atoms with van der Waals surface area (Å²) in [6.07, 6.45) is 1.44. The van der Waals surface area contributed by atoms with Crippen molar-refractivity contribution in [3.8, 4) is 5.75 Å². The number of carboxylic acids is 1. The van der Waals surface area contributed by atoms with Crippen molar-refractivity contribution in [3.63, 3.8) is 0 Å². The van der Waals surface area contributed by atoms with Crippen molar-refractivity contribution >= 4 is 76.1 Å². The summed E-state index contributed by atoms with van der Waals surface area (Å²) in [5, 5.41) is 27.1. The third-order valence-corrected chi connectivity index (χ3v) is 9.11. The molecule has 0 aromatic heterocycles. The fourth-order valence-corrected chi connectivity index (χ4v) is 5.96. The molecule has 0 radical (unpaired) electrons. The van der Waals surface area contributed by atoms with Crippen LogP contribution in [0.4, 0.5) is 11.4 Å². The lowest BCUT2D eigenvalue weighted by Crippen LogP contribution is -2.30. The number of aromatic hydroxyl groups is 1. The normalized spacial score (nSPS) is 11.7. The van der Waals surface area contributed by atoms with Crippen LogP contribution >= 0.6 is 35.0 Å². The topological polar surface area (TPSA) is 145 Å². The minimum Gasteiger partial charge on any atom is -0.507 e. The zero-order valence-electron chi connectivity index (χ0n) is 25.4. The van der Waals surface area contributed by atoms with Gasteiger partial charge in [-0.15, -0.1) is 11.8 Å². The lowest BCUT2D eigenvalue weighted by atomic mass is 10.1. The van der Waals surface area contributed by atoms with Gasteiger partial charge >= 0.3 is 5.97 Å². The molecule has 0 heterocycles. The van der Waals surface area contributed by atoms with E-state index in [1.54, 1.807) is 97.1 Å². The van der Waals surface area contributed by atoms with Crippen molar-refractivity contribution < 1.29 is 29.4 Å². The Morgan fingerprint density at radius 3 is 2.06 bits per heavy atom. The minimum atomic E-state index is -1.33. The number of anilines is 2. The average Bonchev–Trinajstić information content (AvgIpc) is 3.10. The molecule has 5 aromatic rings. The number of carbonyl (C=O) groups is 4. The summed E-state index contributed by atoms with van der Waals surface area (Å²) < 4.78 is 0. The Balaban J connectivity index is 1.35. The zero-order chi connectivity index (χ0) is 34.9. The molecule has 0 aliphatic carbocycles. The largest absolute Gasteiger partial charge is 0.507 e. The molecule has 0 saturated heterocycles. The van der Waals surface area contributed by atoms with E-state index >= 15 is 0 Å². The van der Waals surface area contributed by atoms with Gasteiger partial charge in [0.15, 0.2) is 0 Å². The fraction of sp³-hybridized carbons (Fsp3) is 0.0270. The van der Waals surface area contributed by atoms with Gasteiger partial charge in [-0.2, -0.15) is 0 Å². The maximum absolute atomic E-state index is 13.5. The van der Waals surface area contributed by atoms with Crippen LogP contribution in [0.5, 0.6) is 5.75 Å². The maximum Gasteiger partial charge on any atom is 0.339 e. The first-order valence-corrected chi connectivity index (χ1v) is 16.2. The summed E-state index contributed by atoms with van der Waals surface area (Å²) >= 11 is 13.8. The Morgan fingerprint density at radius 2 is 1.39 bits per heavy atom. The van der Waals surface area contributed by atoms with E-state index in [1.165, 1.54) is 36.0 Å². The third kappa shape index (κ3) is 9.08. The molecule has 5 aromatic carbocycles. The molecule has 12 heteroatoms. The molecule has 246 valence electrons. The second kappa shape index (κ2) is 16.0. The van der Waals surface area contributed by atoms with Gasteiger partial charge in [0.25, 0.3) is 11.8 Å². The predicted molar refractivity (Wildman–Crippen MR) is 192 cm³/mol. The molecule has 5 rings (SSSR count). The molecule has 0 spiro atoms. The van der Waals surface area contributed by atoms with Gasteiger partial charge in [-0.05, 0) is 77.9 Å². The summed E-state index contributed by atoms with van der Waals surface area (Å²) in [5.74, 6) is -3.27. The number of thioether (sulfide) groups is 1. The monoisotopic (exact) mass is 711 g/mol. The van der Waals surface area contributed by atoms with Gasteiger partial charge in [-0.25, -0.2) is 4.79 Å². The first-order valence-electron chi connectivity index (χ1n) is 14.6. The molecular weight excluding hydrogens is 685 g/mol. The van der Waals surface area contributed by atoms with E-state index in [9.17, 15) is 29.4 Å². The highest BCUT2D eigenvalue weighted by atomic mass is 35.5. The molecule has 9 nitrogen and oxygen atoms in total. The Labute approximate surface area is 295 Å². The zero-order valence-corrected chi connectivity index (χ0v) is 27.7. The van der Waals surface area contributed by atoms with E-state index in [-0.39, 0.29) is 27.0 Å². The van der Waals surface area contributed by atoms with Gasteiger partial charge in [0.2, 0.25) is 5.91 Å². The van der Waals surface area contributed by atoms with Crippen LogP contribution in [0.2, 0.25) is 10.0 Å².